The molecule has 152 valence electrons. The van der Waals surface area contributed by atoms with Gasteiger partial charge in [-0.1, -0.05) is 0 Å². The fraction of sp³-hybridized carbons (Fsp3) is 0.550. The summed E-state index contributed by atoms with van der Waals surface area (Å²) in [5.74, 6) is 0.606. The largest absolute Gasteiger partial charge is 0.337 e. The first-order valence-corrected chi connectivity index (χ1v) is 10.3. The van der Waals surface area contributed by atoms with Gasteiger partial charge in [-0.3, -0.25) is 18.8 Å². The smallest absolute Gasteiger partial charge is 0.267 e. The molecule has 1 saturated heterocycles. The summed E-state index contributed by atoms with van der Waals surface area (Å²) in [6.45, 7) is 1.30. The minimum Gasteiger partial charge on any atom is -0.337 e. The Balaban J connectivity index is 1.50. The highest BCUT2D eigenvalue weighted by molar-refractivity contribution is 5.74. The van der Waals surface area contributed by atoms with Gasteiger partial charge in [0.2, 0.25) is 5.95 Å². The molecule has 0 spiro atoms. The monoisotopic (exact) mass is 395 g/mol. The summed E-state index contributed by atoms with van der Waals surface area (Å²) in [6.07, 6.45) is 7.77. The van der Waals surface area contributed by atoms with Crippen molar-refractivity contribution in [3.63, 3.8) is 0 Å². The first kappa shape index (κ1) is 18.1. The van der Waals surface area contributed by atoms with Crippen LogP contribution in [0.4, 0.5) is 5.95 Å². The summed E-state index contributed by atoms with van der Waals surface area (Å²) in [4.78, 5) is 32.2. The highest BCUT2D eigenvalue weighted by atomic mass is 16.1. The molecule has 5 rings (SSSR count). The predicted molar refractivity (Wildman–Crippen MR) is 109 cm³/mol. The van der Waals surface area contributed by atoms with Crippen molar-refractivity contribution >= 4 is 17.0 Å². The Labute approximate surface area is 167 Å². The van der Waals surface area contributed by atoms with E-state index in [1.54, 1.807) is 40.3 Å². The highest BCUT2D eigenvalue weighted by Gasteiger charge is 2.29. The summed E-state index contributed by atoms with van der Waals surface area (Å²) >= 11 is 0. The third-order valence-electron chi connectivity index (χ3n) is 6.14. The molecule has 3 aromatic heterocycles. The summed E-state index contributed by atoms with van der Waals surface area (Å²) in [5, 5.41) is 9.50. The van der Waals surface area contributed by atoms with Crippen LogP contribution in [-0.2, 0) is 33.5 Å². The lowest BCUT2D eigenvalue weighted by atomic mass is 9.97. The lowest BCUT2D eigenvalue weighted by molar-refractivity contribution is 0.468. The predicted octanol–water partition coefficient (Wildman–Crippen LogP) is 0.771. The number of nitrogens with zero attached hydrogens (tertiary/aromatic N) is 7. The lowest BCUT2D eigenvalue weighted by Crippen LogP contribution is -2.40. The molecule has 0 aromatic carbocycles. The molecule has 9 nitrogen and oxygen atoms in total. The van der Waals surface area contributed by atoms with E-state index in [0.29, 0.717) is 23.5 Å². The molecule has 1 fully saturated rings. The van der Waals surface area contributed by atoms with Crippen LogP contribution in [0.15, 0.2) is 21.9 Å². The first-order valence-electron chi connectivity index (χ1n) is 10.3. The average molecular weight is 395 g/mol. The van der Waals surface area contributed by atoms with Crippen molar-refractivity contribution < 1.29 is 0 Å². The van der Waals surface area contributed by atoms with E-state index < -0.39 is 0 Å². The van der Waals surface area contributed by atoms with Crippen molar-refractivity contribution in [2.24, 2.45) is 14.1 Å². The molecule has 1 aliphatic carbocycles. The molecular formula is C20H25N7O2. The lowest BCUT2D eigenvalue weighted by Gasteiger charge is -2.27. The summed E-state index contributed by atoms with van der Waals surface area (Å²) in [6, 6.07) is 1.83. The minimum absolute atomic E-state index is 0.0421. The Morgan fingerprint density at radius 1 is 1.10 bits per heavy atom. The second kappa shape index (κ2) is 6.82. The Kier molecular flexibility index (Phi) is 4.25. The van der Waals surface area contributed by atoms with Crippen molar-refractivity contribution in [3.8, 4) is 0 Å². The van der Waals surface area contributed by atoms with Gasteiger partial charge in [-0.05, 0) is 44.1 Å². The Bertz CT molecular complexity index is 1210. The van der Waals surface area contributed by atoms with Gasteiger partial charge in [0, 0.05) is 32.9 Å². The van der Waals surface area contributed by atoms with E-state index in [0.717, 1.165) is 56.3 Å². The average Bonchev–Trinajstić information content (AvgIpc) is 3.31. The van der Waals surface area contributed by atoms with Crippen LogP contribution in [0.25, 0.3) is 11.0 Å². The van der Waals surface area contributed by atoms with Crippen LogP contribution in [0, 0.1) is 0 Å². The van der Waals surface area contributed by atoms with Crippen molar-refractivity contribution in [1.82, 2.24) is 29.1 Å². The maximum Gasteiger partial charge on any atom is 0.267 e. The summed E-state index contributed by atoms with van der Waals surface area (Å²) in [5.41, 5.74) is 2.47. The first-order chi connectivity index (χ1) is 14.0. The molecular weight excluding hydrogens is 370 g/mol. The third kappa shape index (κ3) is 3.04. The Hall–Kier alpha value is -2.97. The molecule has 2 aliphatic rings. The van der Waals surface area contributed by atoms with Crippen LogP contribution in [0.5, 0.6) is 0 Å². The molecule has 29 heavy (non-hydrogen) atoms. The third-order valence-corrected chi connectivity index (χ3v) is 6.14. The number of hydrogen-bond donors (Lipinski definition) is 0. The summed E-state index contributed by atoms with van der Waals surface area (Å²) in [7, 11) is 3.53. The van der Waals surface area contributed by atoms with E-state index in [9.17, 15) is 9.59 Å². The van der Waals surface area contributed by atoms with Gasteiger partial charge in [-0.25, -0.2) is 4.68 Å². The van der Waals surface area contributed by atoms with Crippen LogP contribution in [0.3, 0.4) is 0 Å². The Morgan fingerprint density at radius 2 is 1.93 bits per heavy atom. The van der Waals surface area contributed by atoms with Gasteiger partial charge in [0.15, 0.2) is 5.65 Å². The zero-order chi connectivity index (χ0) is 20.1. The second-order valence-electron chi connectivity index (χ2n) is 8.15. The molecule has 1 aliphatic heterocycles. The highest BCUT2D eigenvalue weighted by Crippen LogP contribution is 2.25. The number of fused-ring (bicyclic) bond motifs is 2. The summed E-state index contributed by atoms with van der Waals surface area (Å²) < 4.78 is 4.80. The van der Waals surface area contributed by atoms with Crippen molar-refractivity contribution in [3.05, 3.63) is 44.2 Å². The van der Waals surface area contributed by atoms with Gasteiger partial charge in [-0.2, -0.15) is 15.2 Å². The van der Waals surface area contributed by atoms with Gasteiger partial charge in [0.25, 0.3) is 11.1 Å². The maximum atomic E-state index is 12.8. The van der Waals surface area contributed by atoms with E-state index in [4.69, 9.17) is 0 Å². The van der Waals surface area contributed by atoms with Crippen LogP contribution in [0.1, 0.15) is 36.9 Å². The molecule has 1 unspecified atom stereocenters. The quantitative estimate of drug-likeness (QED) is 0.651. The number of rotatable bonds is 3. The minimum atomic E-state index is -0.104. The van der Waals surface area contributed by atoms with E-state index in [2.05, 4.69) is 20.1 Å². The van der Waals surface area contributed by atoms with Crippen LogP contribution >= 0.6 is 0 Å². The SMILES string of the molecule is Cn1cc2c(=O)n(C)c(N3CCCC3Cn3nc4c(cc3=O)CCCC4)nc2n1. The van der Waals surface area contributed by atoms with Gasteiger partial charge < -0.3 is 4.90 Å². The number of aryl methyl sites for hydroxylation is 3. The molecule has 3 aromatic rings. The fourth-order valence-corrected chi connectivity index (χ4v) is 4.63. The standard InChI is InChI=1S/C20H25N7O2/c1-24-12-15-18(23-24)21-20(25(2)19(15)29)26-9-5-7-14(26)11-27-17(28)10-13-6-3-4-8-16(13)22-27/h10,12,14H,3-9,11H2,1-2H3. The van der Waals surface area contributed by atoms with Gasteiger partial charge >= 0.3 is 0 Å². The number of aromatic nitrogens is 6. The van der Waals surface area contributed by atoms with Gasteiger partial charge in [-0.15, -0.1) is 0 Å². The van der Waals surface area contributed by atoms with Crippen LogP contribution in [-0.4, -0.2) is 41.7 Å². The zero-order valence-corrected chi connectivity index (χ0v) is 16.8. The second-order valence-corrected chi connectivity index (χ2v) is 8.15. The molecule has 0 bridgehead atoms. The van der Waals surface area contributed by atoms with Crippen LogP contribution < -0.4 is 16.0 Å². The topological polar surface area (TPSA) is 90.8 Å². The maximum absolute atomic E-state index is 12.8. The molecule has 4 heterocycles. The van der Waals surface area contributed by atoms with Gasteiger partial charge in [0.05, 0.1) is 18.3 Å². The Morgan fingerprint density at radius 3 is 2.79 bits per heavy atom. The zero-order valence-electron chi connectivity index (χ0n) is 16.8. The van der Waals surface area contributed by atoms with Crippen molar-refractivity contribution in [1.29, 1.82) is 0 Å². The van der Waals surface area contributed by atoms with Crippen molar-refractivity contribution in [2.75, 3.05) is 11.4 Å². The normalized spacial score (nSPS) is 19.1. The van der Waals surface area contributed by atoms with Gasteiger partial charge in [0.1, 0.15) is 5.39 Å². The molecule has 1 atom stereocenters. The van der Waals surface area contributed by atoms with Crippen LogP contribution in [0.2, 0.25) is 0 Å². The number of hydrogen-bond acceptors (Lipinski definition) is 6. The van der Waals surface area contributed by atoms with E-state index >= 15 is 0 Å². The molecule has 0 amide bonds. The van der Waals surface area contributed by atoms with E-state index in [1.165, 1.54) is 0 Å². The molecule has 0 radical (unpaired) electrons. The number of anilines is 1. The molecule has 9 heteroatoms. The molecule has 0 N–H and O–H groups in total. The molecule has 0 saturated carbocycles. The van der Waals surface area contributed by atoms with E-state index in [-0.39, 0.29) is 17.2 Å². The van der Waals surface area contributed by atoms with E-state index in [1.807, 2.05) is 0 Å². The fourth-order valence-electron chi connectivity index (χ4n) is 4.63. The van der Waals surface area contributed by atoms with Crippen molar-refractivity contribution in [2.45, 2.75) is 51.1 Å².